The smallest absolute Gasteiger partial charge is 0.163 e. The van der Waals surface area contributed by atoms with Crippen LogP contribution in [0.1, 0.15) is 24.4 Å². The van der Waals surface area contributed by atoms with E-state index < -0.39 is 0 Å². The van der Waals surface area contributed by atoms with E-state index in [0.29, 0.717) is 5.56 Å². The van der Waals surface area contributed by atoms with Crippen LogP contribution in [0.5, 0.6) is 11.5 Å². The Hall–Kier alpha value is -1.29. The van der Waals surface area contributed by atoms with Crippen LogP contribution in [0.15, 0.2) is 12.1 Å². The number of ether oxygens (including phenoxy) is 1. The fourth-order valence-electron chi connectivity index (χ4n) is 1.97. The van der Waals surface area contributed by atoms with Gasteiger partial charge >= 0.3 is 0 Å². The Labute approximate surface area is 87.9 Å². The first-order valence-corrected chi connectivity index (χ1v) is 5.02. The average Bonchev–Trinajstić information content (AvgIpc) is 2.74. The van der Waals surface area contributed by atoms with Gasteiger partial charge in [-0.15, -0.1) is 0 Å². The van der Waals surface area contributed by atoms with Crippen molar-refractivity contribution in [2.75, 3.05) is 13.7 Å². The van der Waals surface area contributed by atoms with Crippen molar-refractivity contribution in [3.05, 3.63) is 23.5 Å². The van der Waals surface area contributed by atoms with Crippen LogP contribution in [-0.4, -0.2) is 18.8 Å². The average molecular weight is 211 g/mol. The van der Waals surface area contributed by atoms with Gasteiger partial charge in [0.25, 0.3) is 0 Å². The lowest BCUT2D eigenvalue weighted by atomic mass is 10.0. The molecule has 0 amide bonds. The van der Waals surface area contributed by atoms with Gasteiger partial charge in [0.15, 0.2) is 11.5 Å². The maximum Gasteiger partial charge on any atom is 0.163 e. The van der Waals surface area contributed by atoms with Gasteiger partial charge in [-0.1, -0.05) is 0 Å². The number of rotatable bonds is 2. The number of methoxy groups -OCH3 is 1. The first-order valence-electron chi connectivity index (χ1n) is 5.02. The van der Waals surface area contributed by atoms with E-state index in [2.05, 4.69) is 5.32 Å². The summed E-state index contributed by atoms with van der Waals surface area (Å²) in [6.07, 6.45) is 1.96. The van der Waals surface area contributed by atoms with Crippen molar-refractivity contribution >= 4 is 0 Å². The molecule has 1 aromatic rings. The summed E-state index contributed by atoms with van der Waals surface area (Å²) in [5.41, 5.74) is 0.587. The van der Waals surface area contributed by atoms with E-state index >= 15 is 0 Å². The predicted molar refractivity (Wildman–Crippen MR) is 54.6 cm³/mol. The minimum Gasteiger partial charge on any atom is -0.504 e. The van der Waals surface area contributed by atoms with Crippen molar-refractivity contribution in [3.63, 3.8) is 0 Å². The van der Waals surface area contributed by atoms with Gasteiger partial charge in [-0.25, -0.2) is 4.39 Å². The molecule has 1 saturated heterocycles. The lowest BCUT2D eigenvalue weighted by molar-refractivity contribution is 0.363. The highest BCUT2D eigenvalue weighted by Crippen LogP contribution is 2.37. The van der Waals surface area contributed by atoms with E-state index in [-0.39, 0.29) is 23.4 Å². The third kappa shape index (κ3) is 1.90. The first-order chi connectivity index (χ1) is 7.22. The largest absolute Gasteiger partial charge is 0.504 e. The molecule has 0 radical (unpaired) electrons. The quantitative estimate of drug-likeness (QED) is 0.785. The zero-order valence-corrected chi connectivity index (χ0v) is 8.59. The van der Waals surface area contributed by atoms with Crippen molar-refractivity contribution in [3.8, 4) is 11.5 Å². The van der Waals surface area contributed by atoms with Crippen LogP contribution < -0.4 is 10.1 Å². The van der Waals surface area contributed by atoms with Crippen LogP contribution in [-0.2, 0) is 0 Å². The maximum absolute atomic E-state index is 13.2. The number of halogens is 1. The van der Waals surface area contributed by atoms with E-state index in [9.17, 15) is 9.50 Å². The van der Waals surface area contributed by atoms with Crippen molar-refractivity contribution in [2.24, 2.45) is 0 Å². The second kappa shape index (κ2) is 4.06. The Balaban J connectivity index is 2.40. The summed E-state index contributed by atoms with van der Waals surface area (Å²) in [5.74, 6) is -0.148. The molecule has 82 valence electrons. The number of aromatic hydroxyl groups is 1. The Morgan fingerprint density at radius 3 is 2.93 bits per heavy atom. The zero-order chi connectivity index (χ0) is 10.8. The molecule has 1 unspecified atom stereocenters. The van der Waals surface area contributed by atoms with Crippen LogP contribution in [0, 0.1) is 5.82 Å². The third-order valence-electron chi connectivity index (χ3n) is 2.72. The molecule has 1 aliphatic rings. The second-order valence-electron chi connectivity index (χ2n) is 3.69. The van der Waals surface area contributed by atoms with Crippen molar-refractivity contribution in [1.82, 2.24) is 5.32 Å². The van der Waals surface area contributed by atoms with Crippen LogP contribution in [0.25, 0.3) is 0 Å². The monoisotopic (exact) mass is 211 g/mol. The lowest BCUT2D eigenvalue weighted by Gasteiger charge is -2.14. The van der Waals surface area contributed by atoms with Crippen LogP contribution in [0.2, 0.25) is 0 Å². The summed E-state index contributed by atoms with van der Waals surface area (Å²) >= 11 is 0. The summed E-state index contributed by atoms with van der Waals surface area (Å²) in [5, 5.41) is 13.1. The molecule has 0 aliphatic carbocycles. The van der Waals surface area contributed by atoms with E-state index in [1.807, 2.05) is 0 Å². The van der Waals surface area contributed by atoms with Crippen LogP contribution >= 0.6 is 0 Å². The van der Waals surface area contributed by atoms with Crippen molar-refractivity contribution in [2.45, 2.75) is 18.9 Å². The molecule has 3 nitrogen and oxygen atoms in total. The molecule has 1 fully saturated rings. The van der Waals surface area contributed by atoms with E-state index in [0.717, 1.165) is 19.4 Å². The highest BCUT2D eigenvalue weighted by Gasteiger charge is 2.22. The number of nitrogens with one attached hydrogen (secondary N) is 1. The molecule has 1 aromatic carbocycles. The fraction of sp³-hybridized carbons (Fsp3) is 0.455. The minimum absolute atomic E-state index is 0.0367. The summed E-state index contributed by atoms with van der Waals surface area (Å²) < 4.78 is 18.1. The minimum atomic E-state index is -0.381. The fourth-order valence-corrected chi connectivity index (χ4v) is 1.97. The second-order valence-corrected chi connectivity index (χ2v) is 3.69. The molecule has 2 N–H and O–H groups in total. The molecule has 0 bridgehead atoms. The van der Waals surface area contributed by atoms with Gasteiger partial charge in [0, 0.05) is 17.7 Å². The van der Waals surface area contributed by atoms with Gasteiger partial charge in [-0.3, -0.25) is 0 Å². The highest BCUT2D eigenvalue weighted by atomic mass is 19.1. The molecule has 1 aliphatic heterocycles. The predicted octanol–water partition coefficient (Wildman–Crippen LogP) is 1.96. The van der Waals surface area contributed by atoms with E-state index in [1.54, 1.807) is 0 Å². The van der Waals surface area contributed by atoms with Gasteiger partial charge in [-0.05, 0) is 25.5 Å². The molecule has 1 atom stereocenters. The zero-order valence-electron chi connectivity index (χ0n) is 8.59. The van der Waals surface area contributed by atoms with Gasteiger partial charge in [0.1, 0.15) is 5.82 Å². The Morgan fingerprint density at radius 2 is 2.33 bits per heavy atom. The number of hydrogen-bond donors (Lipinski definition) is 2. The molecule has 1 heterocycles. The van der Waals surface area contributed by atoms with Crippen molar-refractivity contribution < 1.29 is 14.2 Å². The molecule has 15 heavy (non-hydrogen) atoms. The van der Waals surface area contributed by atoms with Crippen molar-refractivity contribution in [1.29, 1.82) is 0 Å². The van der Waals surface area contributed by atoms with Gasteiger partial charge in [0.05, 0.1) is 7.11 Å². The molecule has 0 aromatic heterocycles. The summed E-state index contributed by atoms with van der Waals surface area (Å²) in [7, 11) is 1.42. The number of phenols is 1. The molecule has 4 heteroatoms. The third-order valence-corrected chi connectivity index (χ3v) is 2.72. The molecule has 2 rings (SSSR count). The normalized spacial score (nSPS) is 20.5. The standard InChI is InChI=1S/C11H14FNO2/c1-15-10-6-7(12)5-8(11(10)14)9-3-2-4-13-9/h5-6,9,13-14H,2-4H2,1H3. The molecular weight excluding hydrogens is 197 g/mol. The highest BCUT2D eigenvalue weighted by molar-refractivity contribution is 5.47. The van der Waals surface area contributed by atoms with Gasteiger partial charge in [-0.2, -0.15) is 0 Å². The maximum atomic E-state index is 13.2. The Kier molecular flexibility index (Phi) is 2.77. The summed E-state index contributed by atoms with van der Waals surface area (Å²) in [4.78, 5) is 0. The van der Waals surface area contributed by atoms with E-state index in [1.165, 1.54) is 19.2 Å². The topological polar surface area (TPSA) is 41.5 Å². The van der Waals surface area contributed by atoms with Crippen LogP contribution in [0.4, 0.5) is 4.39 Å². The van der Waals surface area contributed by atoms with Gasteiger partial charge in [0.2, 0.25) is 0 Å². The Morgan fingerprint density at radius 1 is 1.53 bits per heavy atom. The first kappa shape index (κ1) is 10.2. The number of benzene rings is 1. The molecule has 0 spiro atoms. The van der Waals surface area contributed by atoms with Crippen LogP contribution in [0.3, 0.4) is 0 Å². The molecule has 0 saturated carbocycles. The lowest BCUT2D eigenvalue weighted by Crippen LogP contribution is -2.13. The van der Waals surface area contributed by atoms with Gasteiger partial charge < -0.3 is 15.2 Å². The number of phenolic OH excluding ortho intramolecular Hbond substituents is 1. The number of hydrogen-bond acceptors (Lipinski definition) is 3. The molecular formula is C11H14FNO2. The Bertz CT molecular complexity index is 362. The summed E-state index contributed by atoms with van der Waals surface area (Å²) in [6, 6.07) is 2.59. The SMILES string of the molecule is COc1cc(F)cc(C2CCCN2)c1O. The summed E-state index contributed by atoms with van der Waals surface area (Å²) in [6.45, 7) is 0.906. The van der Waals surface area contributed by atoms with E-state index in [4.69, 9.17) is 4.74 Å².